The molecule has 0 atom stereocenters. The van der Waals surface area contributed by atoms with Crippen molar-refractivity contribution in [1.29, 1.82) is 0 Å². The summed E-state index contributed by atoms with van der Waals surface area (Å²) >= 11 is 0. The Morgan fingerprint density at radius 1 is 1.14 bits per heavy atom. The highest BCUT2D eigenvalue weighted by Gasteiger charge is 2.08. The van der Waals surface area contributed by atoms with Crippen molar-refractivity contribution in [3.63, 3.8) is 0 Å². The first-order valence-electron chi connectivity index (χ1n) is 7.04. The number of carbonyl (C=O) groups excluding carboxylic acids is 1. The Bertz CT molecular complexity index is 803. The number of ether oxygens (including phenoxy) is 1. The van der Waals surface area contributed by atoms with Crippen molar-refractivity contribution in [3.8, 4) is 11.6 Å². The Morgan fingerprint density at radius 2 is 1.95 bits per heavy atom. The maximum absolute atomic E-state index is 11.5. The number of hydrogen-bond acceptors (Lipinski definition) is 4. The van der Waals surface area contributed by atoms with Crippen LogP contribution >= 0.6 is 0 Å². The fourth-order valence-electron chi connectivity index (χ4n) is 2.04. The number of hydrogen-bond donors (Lipinski definition) is 1. The smallest absolute Gasteiger partial charge is 0.230 e. The van der Waals surface area contributed by atoms with E-state index in [4.69, 9.17) is 4.74 Å². The van der Waals surface area contributed by atoms with E-state index in [-0.39, 0.29) is 5.91 Å². The van der Waals surface area contributed by atoms with E-state index in [2.05, 4.69) is 15.3 Å². The van der Waals surface area contributed by atoms with Gasteiger partial charge in [0.2, 0.25) is 11.8 Å². The van der Waals surface area contributed by atoms with Crippen LogP contribution in [0.3, 0.4) is 0 Å². The lowest BCUT2D eigenvalue weighted by Gasteiger charge is -2.09. The number of para-hydroxylation sites is 1. The second kappa shape index (κ2) is 6.22. The fraction of sp³-hybridized carbons (Fsp3) is 0.118. The molecule has 3 aromatic rings. The molecule has 0 fully saturated rings. The lowest BCUT2D eigenvalue weighted by atomic mass is 10.2. The van der Waals surface area contributed by atoms with Crippen LogP contribution in [0.1, 0.15) is 13.3 Å². The maximum atomic E-state index is 11.5. The topological polar surface area (TPSA) is 64.1 Å². The minimum atomic E-state index is -0.0332. The predicted molar refractivity (Wildman–Crippen MR) is 85.0 cm³/mol. The highest BCUT2D eigenvalue weighted by Crippen LogP contribution is 2.28. The normalized spacial score (nSPS) is 10.4. The first-order chi connectivity index (χ1) is 10.8. The van der Waals surface area contributed by atoms with Gasteiger partial charge in [0.05, 0.1) is 10.9 Å². The van der Waals surface area contributed by atoms with Crippen LogP contribution in [0.5, 0.6) is 11.6 Å². The molecule has 0 aliphatic heterocycles. The van der Waals surface area contributed by atoms with E-state index in [0.29, 0.717) is 23.7 Å². The number of amides is 1. The molecule has 0 unspecified atom stereocenters. The van der Waals surface area contributed by atoms with E-state index in [0.717, 1.165) is 10.9 Å². The van der Waals surface area contributed by atoms with Gasteiger partial charge in [0.15, 0.2) is 0 Å². The van der Waals surface area contributed by atoms with Crippen LogP contribution in [0.15, 0.2) is 54.9 Å². The number of rotatable bonds is 4. The minimum Gasteiger partial charge on any atom is -0.438 e. The molecular weight excluding hydrogens is 278 g/mol. The van der Waals surface area contributed by atoms with Gasteiger partial charge in [-0.1, -0.05) is 25.1 Å². The van der Waals surface area contributed by atoms with Crippen molar-refractivity contribution in [3.05, 3.63) is 54.9 Å². The first kappa shape index (κ1) is 14.0. The van der Waals surface area contributed by atoms with Gasteiger partial charge in [0.1, 0.15) is 12.1 Å². The Balaban J connectivity index is 1.94. The van der Waals surface area contributed by atoms with Crippen LogP contribution in [0.25, 0.3) is 10.9 Å². The SMILES string of the molecule is CCC(=O)Nc1ccc2c(Oc3ccccc3)ncnc2c1. The summed E-state index contributed by atoms with van der Waals surface area (Å²) in [6.07, 6.45) is 1.89. The number of benzene rings is 2. The van der Waals surface area contributed by atoms with E-state index < -0.39 is 0 Å². The average Bonchev–Trinajstić information content (AvgIpc) is 2.56. The van der Waals surface area contributed by atoms with Gasteiger partial charge in [-0.05, 0) is 30.3 Å². The number of aromatic nitrogens is 2. The molecule has 0 aliphatic carbocycles. The Labute approximate surface area is 128 Å². The summed E-state index contributed by atoms with van der Waals surface area (Å²) in [5.41, 5.74) is 1.43. The van der Waals surface area contributed by atoms with Crippen molar-refractivity contribution in [2.45, 2.75) is 13.3 Å². The third kappa shape index (κ3) is 3.03. The summed E-state index contributed by atoms with van der Waals surface area (Å²) in [6, 6.07) is 14.9. The van der Waals surface area contributed by atoms with Crippen LogP contribution < -0.4 is 10.1 Å². The van der Waals surface area contributed by atoms with Crippen molar-refractivity contribution in [2.75, 3.05) is 5.32 Å². The summed E-state index contributed by atoms with van der Waals surface area (Å²) in [6.45, 7) is 1.81. The van der Waals surface area contributed by atoms with Crippen LogP contribution in [0, 0.1) is 0 Å². The van der Waals surface area contributed by atoms with E-state index in [1.54, 1.807) is 0 Å². The number of anilines is 1. The largest absolute Gasteiger partial charge is 0.438 e. The van der Waals surface area contributed by atoms with Gasteiger partial charge in [-0.25, -0.2) is 9.97 Å². The van der Waals surface area contributed by atoms with Crippen LogP contribution in [-0.2, 0) is 4.79 Å². The van der Waals surface area contributed by atoms with Crippen molar-refractivity contribution in [2.24, 2.45) is 0 Å². The monoisotopic (exact) mass is 293 g/mol. The zero-order valence-corrected chi connectivity index (χ0v) is 12.1. The van der Waals surface area contributed by atoms with E-state index >= 15 is 0 Å². The highest BCUT2D eigenvalue weighted by molar-refractivity contribution is 5.94. The minimum absolute atomic E-state index is 0.0332. The van der Waals surface area contributed by atoms with Crippen LogP contribution in [0.4, 0.5) is 5.69 Å². The molecule has 0 saturated carbocycles. The van der Waals surface area contributed by atoms with Gasteiger partial charge in [0.25, 0.3) is 0 Å². The Kier molecular flexibility index (Phi) is 3.96. The third-order valence-electron chi connectivity index (χ3n) is 3.16. The second-order valence-electron chi connectivity index (χ2n) is 4.73. The zero-order chi connectivity index (χ0) is 15.4. The predicted octanol–water partition coefficient (Wildman–Crippen LogP) is 3.77. The van der Waals surface area contributed by atoms with Crippen LogP contribution in [-0.4, -0.2) is 15.9 Å². The quantitative estimate of drug-likeness (QED) is 0.795. The van der Waals surface area contributed by atoms with Gasteiger partial charge in [-0.3, -0.25) is 4.79 Å². The molecule has 0 bridgehead atoms. The second-order valence-corrected chi connectivity index (χ2v) is 4.73. The molecule has 0 aliphatic rings. The Hall–Kier alpha value is -2.95. The van der Waals surface area contributed by atoms with E-state index in [1.807, 2.05) is 55.5 Å². The zero-order valence-electron chi connectivity index (χ0n) is 12.1. The molecule has 1 N–H and O–H groups in total. The molecule has 0 saturated heterocycles. The summed E-state index contributed by atoms with van der Waals surface area (Å²) in [5.74, 6) is 1.17. The Morgan fingerprint density at radius 3 is 2.73 bits per heavy atom. The van der Waals surface area contributed by atoms with E-state index in [9.17, 15) is 4.79 Å². The summed E-state index contributed by atoms with van der Waals surface area (Å²) < 4.78 is 5.80. The average molecular weight is 293 g/mol. The number of fused-ring (bicyclic) bond motifs is 1. The standard InChI is InChI=1S/C17H15N3O2/c1-2-16(21)20-12-8-9-14-15(10-12)18-11-19-17(14)22-13-6-4-3-5-7-13/h3-11H,2H2,1H3,(H,20,21). The molecule has 5 nitrogen and oxygen atoms in total. The number of nitrogens with zero attached hydrogens (tertiary/aromatic N) is 2. The lowest BCUT2D eigenvalue weighted by molar-refractivity contribution is -0.115. The van der Waals surface area contributed by atoms with Gasteiger partial charge in [-0.15, -0.1) is 0 Å². The fourth-order valence-corrected chi connectivity index (χ4v) is 2.04. The van der Waals surface area contributed by atoms with Gasteiger partial charge < -0.3 is 10.1 Å². The number of nitrogens with one attached hydrogen (secondary N) is 1. The molecule has 1 aromatic heterocycles. The van der Waals surface area contributed by atoms with Gasteiger partial charge >= 0.3 is 0 Å². The lowest BCUT2D eigenvalue weighted by Crippen LogP contribution is -2.09. The molecule has 110 valence electrons. The summed E-state index contributed by atoms with van der Waals surface area (Å²) in [5, 5.41) is 3.61. The van der Waals surface area contributed by atoms with Crippen molar-refractivity contribution < 1.29 is 9.53 Å². The molecular formula is C17H15N3O2. The van der Waals surface area contributed by atoms with Gasteiger partial charge in [-0.2, -0.15) is 0 Å². The number of carbonyl (C=O) groups is 1. The molecule has 22 heavy (non-hydrogen) atoms. The molecule has 0 spiro atoms. The van der Waals surface area contributed by atoms with Crippen molar-refractivity contribution >= 4 is 22.5 Å². The van der Waals surface area contributed by atoms with Gasteiger partial charge in [0, 0.05) is 12.1 Å². The first-order valence-corrected chi connectivity index (χ1v) is 7.04. The summed E-state index contributed by atoms with van der Waals surface area (Å²) in [7, 11) is 0. The van der Waals surface area contributed by atoms with Crippen LogP contribution in [0.2, 0.25) is 0 Å². The summed E-state index contributed by atoms with van der Waals surface area (Å²) in [4.78, 5) is 19.9. The molecule has 0 radical (unpaired) electrons. The molecule has 3 rings (SSSR count). The molecule has 1 amide bonds. The van der Waals surface area contributed by atoms with Crippen molar-refractivity contribution in [1.82, 2.24) is 9.97 Å². The molecule has 2 aromatic carbocycles. The van der Waals surface area contributed by atoms with E-state index in [1.165, 1.54) is 6.33 Å². The molecule has 5 heteroatoms. The highest BCUT2D eigenvalue weighted by atomic mass is 16.5. The maximum Gasteiger partial charge on any atom is 0.230 e. The molecule has 1 heterocycles. The third-order valence-corrected chi connectivity index (χ3v) is 3.16.